The highest BCUT2D eigenvalue weighted by molar-refractivity contribution is 6.20. The van der Waals surface area contributed by atoms with Gasteiger partial charge in [0.1, 0.15) is 0 Å². The zero-order chi connectivity index (χ0) is 25.4. The first-order chi connectivity index (χ1) is 17.3. The number of benzene rings is 1. The van der Waals surface area contributed by atoms with Crippen molar-refractivity contribution in [3.8, 4) is 0 Å². The second kappa shape index (κ2) is 9.85. The molecule has 1 aromatic carbocycles. The summed E-state index contributed by atoms with van der Waals surface area (Å²) in [6.45, 7) is 13.4. The molecule has 2 aliphatic rings. The van der Waals surface area contributed by atoms with Gasteiger partial charge in [0.15, 0.2) is 0 Å². The van der Waals surface area contributed by atoms with Crippen molar-refractivity contribution in [2.75, 3.05) is 33.2 Å². The van der Waals surface area contributed by atoms with Crippen molar-refractivity contribution in [2.24, 2.45) is 0 Å². The zero-order valence-electron chi connectivity index (χ0n) is 22.5. The first-order valence-electron chi connectivity index (χ1n) is 13.6. The standard InChI is InChI=1S/C31H40N4O/c1-6-14-35-15-11-22(12-16-35)23-9-10-27-25(17-23)28(21(2)3)29(33-27)31(4)18-26(30(36)34(5)20-31)24-8-7-13-32-19-24/h7-10,13,17-19,21-22,33H,6,11-12,14-16,20H2,1-5H3. The number of piperidine rings is 1. The van der Waals surface area contributed by atoms with E-state index in [1.54, 1.807) is 12.4 Å². The molecule has 2 aliphatic heterocycles. The Bertz CT molecular complexity index is 1270. The lowest BCUT2D eigenvalue weighted by atomic mass is 9.77. The summed E-state index contributed by atoms with van der Waals surface area (Å²) in [6.07, 6.45) is 9.42. The number of likely N-dealkylation sites (tertiary alicyclic amines) is 1. The maximum atomic E-state index is 13.1. The van der Waals surface area contributed by atoms with E-state index < -0.39 is 0 Å². The van der Waals surface area contributed by atoms with Crippen molar-refractivity contribution < 1.29 is 4.79 Å². The first kappa shape index (κ1) is 24.8. The number of likely N-dealkylation sites (N-methyl/N-ethyl adjacent to an activating group) is 1. The number of carbonyl (C=O) groups excluding carboxylic acids is 1. The van der Waals surface area contributed by atoms with E-state index in [1.807, 2.05) is 24.1 Å². The van der Waals surface area contributed by atoms with Crippen molar-refractivity contribution in [3.63, 3.8) is 0 Å². The Kier molecular flexibility index (Phi) is 6.78. The smallest absolute Gasteiger partial charge is 0.254 e. The maximum absolute atomic E-state index is 13.1. The van der Waals surface area contributed by atoms with Crippen LogP contribution in [-0.4, -0.2) is 58.9 Å². The van der Waals surface area contributed by atoms with Crippen molar-refractivity contribution in [1.29, 1.82) is 0 Å². The predicted octanol–water partition coefficient (Wildman–Crippen LogP) is 6.09. The van der Waals surface area contributed by atoms with Gasteiger partial charge in [-0.3, -0.25) is 9.78 Å². The van der Waals surface area contributed by atoms with Crippen LogP contribution in [0.5, 0.6) is 0 Å². The molecule has 0 spiro atoms. The molecule has 0 bridgehead atoms. The summed E-state index contributed by atoms with van der Waals surface area (Å²) in [6, 6.07) is 10.9. The molecular formula is C31H40N4O. The molecule has 3 aromatic rings. The molecule has 0 aliphatic carbocycles. The number of rotatable bonds is 6. The summed E-state index contributed by atoms with van der Waals surface area (Å²) < 4.78 is 0. The molecule has 36 heavy (non-hydrogen) atoms. The minimum atomic E-state index is -0.321. The van der Waals surface area contributed by atoms with E-state index in [2.05, 4.69) is 66.8 Å². The number of nitrogens with zero attached hydrogens (tertiary/aromatic N) is 3. The number of nitrogens with one attached hydrogen (secondary N) is 1. The lowest BCUT2D eigenvalue weighted by Crippen LogP contribution is -2.44. The summed E-state index contributed by atoms with van der Waals surface area (Å²) in [5, 5.41) is 1.34. The van der Waals surface area contributed by atoms with E-state index in [-0.39, 0.29) is 11.3 Å². The Labute approximate surface area is 215 Å². The molecule has 5 nitrogen and oxygen atoms in total. The molecule has 5 rings (SSSR count). The van der Waals surface area contributed by atoms with Gasteiger partial charge < -0.3 is 14.8 Å². The van der Waals surface area contributed by atoms with Crippen molar-refractivity contribution in [3.05, 3.63) is 71.2 Å². The number of amides is 1. The highest BCUT2D eigenvalue weighted by atomic mass is 16.2. The van der Waals surface area contributed by atoms with Gasteiger partial charge in [-0.2, -0.15) is 0 Å². The second-order valence-electron chi connectivity index (χ2n) is 11.4. The second-order valence-corrected chi connectivity index (χ2v) is 11.4. The number of hydrogen-bond donors (Lipinski definition) is 1. The fraction of sp³-hybridized carbons (Fsp3) is 0.484. The minimum absolute atomic E-state index is 0.0550. The summed E-state index contributed by atoms with van der Waals surface area (Å²) in [5.74, 6) is 1.05. The molecule has 190 valence electrons. The lowest BCUT2D eigenvalue weighted by Gasteiger charge is -2.37. The van der Waals surface area contributed by atoms with E-state index in [1.165, 1.54) is 66.6 Å². The van der Waals surface area contributed by atoms with Crippen LogP contribution in [0.4, 0.5) is 0 Å². The normalized spacial score (nSPS) is 22.0. The van der Waals surface area contributed by atoms with Crippen molar-refractivity contribution in [2.45, 2.75) is 64.2 Å². The molecule has 1 saturated heterocycles. The van der Waals surface area contributed by atoms with Gasteiger partial charge in [-0.15, -0.1) is 0 Å². The van der Waals surface area contributed by atoms with Gasteiger partial charge >= 0.3 is 0 Å². The molecule has 1 amide bonds. The average Bonchev–Trinajstić information content (AvgIpc) is 3.28. The molecule has 1 N–H and O–H groups in total. The summed E-state index contributed by atoms with van der Waals surface area (Å²) >= 11 is 0. The van der Waals surface area contributed by atoms with Gasteiger partial charge in [-0.25, -0.2) is 0 Å². The first-order valence-corrected chi connectivity index (χ1v) is 13.6. The third-order valence-corrected chi connectivity index (χ3v) is 8.19. The molecule has 2 aromatic heterocycles. The Morgan fingerprint density at radius 3 is 2.64 bits per heavy atom. The molecule has 5 heteroatoms. The predicted molar refractivity (Wildman–Crippen MR) is 148 cm³/mol. The summed E-state index contributed by atoms with van der Waals surface area (Å²) in [5.41, 5.74) is 6.55. The summed E-state index contributed by atoms with van der Waals surface area (Å²) in [4.78, 5) is 25.7. The Morgan fingerprint density at radius 2 is 1.97 bits per heavy atom. The highest BCUT2D eigenvalue weighted by Crippen LogP contribution is 2.42. The third-order valence-electron chi connectivity index (χ3n) is 8.19. The van der Waals surface area contributed by atoms with Gasteiger partial charge in [-0.05, 0) is 87.0 Å². The quantitative estimate of drug-likeness (QED) is 0.461. The van der Waals surface area contributed by atoms with E-state index >= 15 is 0 Å². The fourth-order valence-electron chi connectivity index (χ4n) is 6.42. The van der Waals surface area contributed by atoms with Crippen LogP contribution in [0.2, 0.25) is 0 Å². The van der Waals surface area contributed by atoms with Gasteiger partial charge in [0.05, 0.1) is 0 Å². The van der Waals surface area contributed by atoms with Crippen LogP contribution < -0.4 is 0 Å². The largest absolute Gasteiger partial charge is 0.357 e. The van der Waals surface area contributed by atoms with Crippen LogP contribution in [-0.2, 0) is 10.2 Å². The lowest BCUT2D eigenvalue weighted by molar-refractivity contribution is -0.124. The van der Waals surface area contributed by atoms with Gasteiger partial charge in [0.2, 0.25) is 0 Å². The fourth-order valence-corrected chi connectivity index (χ4v) is 6.42. The van der Waals surface area contributed by atoms with Crippen molar-refractivity contribution >= 4 is 22.4 Å². The Hall–Kier alpha value is -2.92. The minimum Gasteiger partial charge on any atom is -0.357 e. The number of aromatic amines is 1. The van der Waals surface area contributed by atoms with Crippen LogP contribution in [0.3, 0.4) is 0 Å². The van der Waals surface area contributed by atoms with E-state index in [4.69, 9.17) is 0 Å². The monoisotopic (exact) mass is 484 g/mol. The van der Waals surface area contributed by atoms with E-state index in [0.717, 1.165) is 11.1 Å². The molecule has 4 heterocycles. The Balaban J connectivity index is 1.56. The van der Waals surface area contributed by atoms with Gasteiger partial charge in [0.25, 0.3) is 5.91 Å². The van der Waals surface area contributed by atoms with Crippen LogP contribution in [0.15, 0.2) is 48.8 Å². The van der Waals surface area contributed by atoms with E-state index in [0.29, 0.717) is 18.4 Å². The van der Waals surface area contributed by atoms with Crippen LogP contribution in [0, 0.1) is 0 Å². The number of carbonyl (C=O) groups is 1. The molecule has 0 radical (unpaired) electrons. The number of fused-ring (bicyclic) bond motifs is 1. The average molecular weight is 485 g/mol. The topological polar surface area (TPSA) is 52.2 Å². The number of H-pyrrole nitrogens is 1. The van der Waals surface area contributed by atoms with Crippen molar-refractivity contribution in [1.82, 2.24) is 19.8 Å². The maximum Gasteiger partial charge on any atom is 0.254 e. The highest BCUT2D eigenvalue weighted by Gasteiger charge is 2.39. The number of hydrogen-bond acceptors (Lipinski definition) is 3. The number of pyridine rings is 1. The third kappa shape index (κ3) is 4.50. The van der Waals surface area contributed by atoms with Crippen LogP contribution in [0.25, 0.3) is 16.5 Å². The van der Waals surface area contributed by atoms with Gasteiger partial charge in [0, 0.05) is 59.1 Å². The molecule has 1 fully saturated rings. The summed E-state index contributed by atoms with van der Waals surface area (Å²) in [7, 11) is 1.91. The number of aromatic nitrogens is 2. The zero-order valence-corrected chi connectivity index (χ0v) is 22.5. The van der Waals surface area contributed by atoms with Crippen LogP contribution >= 0.6 is 0 Å². The SMILES string of the molecule is CCCN1CCC(c2ccc3[nH]c(C4(C)C=C(c5cccnc5)C(=O)N(C)C4)c(C(C)C)c3c2)CC1. The molecular weight excluding hydrogens is 444 g/mol. The van der Waals surface area contributed by atoms with E-state index in [9.17, 15) is 4.79 Å². The van der Waals surface area contributed by atoms with Gasteiger partial charge in [-0.1, -0.05) is 39.0 Å². The molecule has 0 saturated carbocycles. The Morgan fingerprint density at radius 1 is 1.19 bits per heavy atom. The molecule has 1 unspecified atom stereocenters. The molecule has 1 atom stereocenters. The van der Waals surface area contributed by atoms with Crippen LogP contribution in [0.1, 0.15) is 81.2 Å².